The van der Waals surface area contributed by atoms with E-state index < -0.39 is 0 Å². The van der Waals surface area contributed by atoms with E-state index in [-0.39, 0.29) is 22.5 Å². The zero-order valence-corrected chi connectivity index (χ0v) is 10.9. The van der Waals surface area contributed by atoms with Gasteiger partial charge in [-0.1, -0.05) is 11.6 Å². The van der Waals surface area contributed by atoms with Crippen molar-refractivity contribution in [3.63, 3.8) is 0 Å². The van der Waals surface area contributed by atoms with Crippen molar-refractivity contribution in [3.05, 3.63) is 58.9 Å². The highest BCUT2D eigenvalue weighted by atomic mass is 35.5. The standard InChI is InChI=1S/C14H11ClFNO2/c1-17(11-5-3-10(16)4-6-11)14(19)9-2-7-13(18)12(15)8-9/h2-8,18H,1H3. The Morgan fingerprint density at radius 1 is 1.21 bits per heavy atom. The van der Waals surface area contributed by atoms with Gasteiger partial charge < -0.3 is 10.0 Å². The summed E-state index contributed by atoms with van der Waals surface area (Å²) in [5.74, 6) is -0.742. The fraction of sp³-hybridized carbons (Fsp3) is 0.0714. The molecule has 0 saturated carbocycles. The Labute approximate surface area is 114 Å². The van der Waals surface area contributed by atoms with Crippen LogP contribution in [-0.2, 0) is 0 Å². The van der Waals surface area contributed by atoms with Crippen molar-refractivity contribution >= 4 is 23.2 Å². The zero-order chi connectivity index (χ0) is 14.0. The first-order chi connectivity index (χ1) is 8.99. The Kier molecular flexibility index (Phi) is 3.71. The monoisotopic (exact) mass is 279 g/mol. The van der Waals surface area contributed by atoms with Gasteiger partial charge >= 0.3 is 0 Å². The predicted octanol–water partition coefficient (Wildman–Crippen LogP) is 3.46. The molecule has 2 aromatic rings. The average molecular weight is 280 g/mol. The summed E-state index contributed by atoms with van der Waals surface area (Å²) in [4.78, 5) is 13.6. The predicted molar refractivity (Wildman–Crippen MR) is 72.3 cm³/mol. The number of rotatable bonds is 2. The van der Waals surface area contributed by atoms with Crippen LogP contribution in [0.15, 0.2) is 42.5 Å². The second-order valence-corrected chi connectivity index (χ2v) is 4.41. The fourth-order valence-corrected chi connectivity index (χ4v) is 1.80. The summed E-state index contributed by atoms with van der Waals surface area (Å²) in [5.41, 5.74) is 0.908. The molecule has 0 saturated heterocycles. The summed E-state index contributed by atoms with van der Waals surface area (Å²) >= 11 is 5.76. The van der Waals surface area contributed by atoms with Gasteiger partial charge in [0.2, 0.25) is 0 Å². The van der Waals surface area contributed by atoms with Crippen molar-refractivity contribution in [2.24, 2.45) is 0 Å². The van der Waals surface area contributed by atoms with E-state index >= 15 is 0 Å². The van der Waals surface area contributed by atoms with Gasteiger partial charge in [0.15, 0.2) is 0 Å². The van der Waals surface area contributed by atoms with E-state index in [1.807, 2.05) is 0 Å². The van der Waals surface area contributed by atoms with Crippen molar-refractivity contribution in [2.45, 2.75) is 0 Å². The first-order valence-corrected chi connectivity index (χ1v) is 5.89. The van der Waals surface area contributed by atoms with Gasteiger partial charge in [-0.15, -0.1) is 0 Å². The lowest BCUT2D eigenvalue weighted by atomic mass is 10.2. The molecule has 0 heterocycles. The number of phenols is 1. The highest BCUT2D eigenvalue weighted by Crippen LogP contribution is 2.25. The quantitative estimate of drug-likeness (QED) is 0.914. The van der Waals surface area contributed by atoms with Crippen LogP contribution in [0.2, 0.25) is 5.02 Å². The highest BCUT2D eigenvalue weighted by molar-refractivity contribution is 6.32. The van der Waals surface area contributed by atoms with Crippen LogP contribution in [-0.4, -0.2) is 18.1 Å². The van der Waals surface area contributed by atoms with E-state index in [9.17, 15) is 14.3 Å². The summed E-state index contributed by atoms with van der Waals surface area (Å²) in [7, 11) is 1.58. The molecular formula is C14H11ClFNO2. The highest BCUT2D eigenvalue weighted by Gasteiger charge is 2.14. The van der Waals surface area contributed by atoms with Crippen molar-refractivity contribution in [3.8, 4) is 5.75 Å². The number of aromatic hydroxyl groups is 1. The molecule has 98 valence electrons. The van der Waals surface area contributed by atoms with Gasteiger partial charge in [0.1, 0.15) is 11.6 Å². The lowest BCUT2D eigenvalue weighted by Crippen LogP contribution is -2.26. The molecule has 0 aliphatic heterocycles. The maximum absolute atomic E-state index is 12.8. The third-order valence-electron chi connectivity index (χ3n) is 2.71. The van der Waals surface area contributed by atoms with Crippen LogP contribution < -0.4 is 4.90 Å². The molecule has 2 aromatic carbocycles. The van der Waals surface area contributed by atoms with Gasteiger partial charge in [0.25, 0.3) is 5.91 Å². The Hall–Kier alpha value is -2.07. The normalized spacial score (nSPS) is 10.3. The molecule has 0 aliphatic rings. The van der Waals surface area contributed by atoms with Crippen LogP contribution in [0.5, 0.6) is 5.75 Å². The molecule has 0 spiro atoms. The molecule has 0 unspecified atom stereocenters. The molecule has 0 bridgehead atoms. The smallest absolute Gasteiger partial charge is 0.258 e. The largest absolute Gasteiger partial charge is 0.506 e. The van der Waals surface area contributed by atoms with Crippen molar-refractivity contribution in [2.75, 3.05) is 11.9 Å². The number of hydrogen-bond donors (Lipinski definition) is 1. The number of carbonyl (C=O) groups excluding carboxylic acids is 1. The van der Waals surface area contributed by atoms with Gasteiger partial charge in [-0.05, 0) is 42.5 Å². The van der Waals surface area contributed by atoms with Gasteiger partial charge in [0.05, 0.1) is 5.02 Å². The van der Waals surface area contributed by atoms with Crippen molar-refractivity contribution in [1.82, 2.24) is 0 Å². The van der Waals surface area contributed by atoms with Crippen LogP contribution >= 0.6 is 11.6 Å². The van der Waals surface area contributed by atoms with E-state index in [0.717, 1.165) is 0 Å². The van der Waals surface area contributed by atoms with Crippen molar-refractivity contribution < 1.29 is 14.3 Å². The maximum atomic E-state index is 12.8. The Bertz CT molecular complexity index is 613. The molecule has 0 aromatic heterocycles. The van der Waals surface area contributed by atoms with E-state index in [1.54, 1.807) is 7.05 Å². The minimum absolute atomic E-state index is 0.0809. The Morgan fingerprint density at radius 3 is 2.42 bits per heavy atom. The first-order valence-electron chi connectivity index (χ1n) is 5.51. The third kappa shape index (κ3) is 2.85. The summed E-state index contributed by atoms with van der Waals surface area (Å²) in [6, 6.07) is 9.80. The summed E-state index contributed by atoms with van der Waals surface area (Å²) in [6.07, 6.45) is 0. The van der Waals surface area contributed by atoms with Gasteiger partial charge in [-0.25, -0.2) is 4.39 Å². The molecule has 5 heteroatoms. The van der Waals surface area contributed by atoms with E-state index in [1.165, 1.54) is 47.4 Å². The lowest BCUT2D eigenvalue weighted by molar-refractivity contribution is 0.0993. The van der Waals surface area contributed by atoms with E-state index in [2.05, 4.69) is 0 Å². The number of hydrogen-bond acceptors (Lipinski definition) is 2. The topological polar surface area (TPSA) is 40.5 Å². The van der Waals surface area contributed by atoms with Crippen LogP contribution in [0.25, 0.3) is 0 Å². The molecule has 3 nitrogen and oxygen atoms in total. The van der Waals surface area contributed by atoms with Gasteiger partial charge in [-0.3, -0.25) is 4.79 Å². The number of halogens is 2. The number of phenolic OH excluding ortho intramolecular Hbond substituents is 1. The molecule has 19 heavy (non-hydrogen) atoms. The second kappa shape index (κ2) is 5.28. The number of anilines is 1. The number of carbonyl (C=O) groups is 1. The molecule has 0 fully saturated rings. The molecule has 1 amide bonds. The molecule has 0 atom stereocenters. The fourth-order valence-electron chi connectivity index (χ4n) is 1.62. The molecular weight excluding hydrogens is 269 g/mol. The van der Waals surface area contributed by atoms with Crippen LogP contribution in [0, 0.1) is 5.82 Å². The van der Waals surface area contributed by atoms with Gasteiger partial charge in [0, 0.05) is 18.3 Å². The second-order valence-electron chi connectivity index (χ2n) is 4.01. The van der Waals surface area contributed by atoms with E-state index in [0.29, 0.717) is 11.3 Å². The Morgan fingerprint density at radius 2 is 1.84 bits per heavy atom. The lowest BCUT2D eigenvalue weighted by Gasteiger charge is -2.17. The maximum Gasteiger partial charge on any atom is 0.258 e. The number of amides is 1. The summed E-state index contributed by atoms with van der Waals surface area (Å²) in [5, 5.41) is 9.42. The molecule has 2 rings (SSSR count). The number of benzene rings is 2. The van der Waals surface area contributed by atoms with E-state index in [4.69, 9.17) is 11.6 Å². The zero-order valence-electron chi connectivity index (χ0n) is 10.1. The summed E-state index contributed by atoms with van der Waals surface area (Å²) in [6.45, 7) is 0. The SMILES string of the molecule is CN(C(=O)c1ccc(O)c(Cl)c1)c1ccc(F)cc1. The molecule has 0 radical (unpaired) electrons. The molecule has 0 aliphatic carbocycles. The summed E-state index contributed by atoms with van der Waals surface area (Å²) < 4.78 is 12.8. The average Bonchev–Trinajstić information content (AvgIpc) is 2.41. The number of nitrogens with zero attached hydrogens (tertiary/aromatic N) is 1. The van der Waals surface area contributed by atoms with Gasteiger partial charge in [-0.2, -0.15) is 0 Å². The minimum atomic E-state index is -0.364. The van der Waals surface area contributed by atoms with Crippen LogP contribution in [0.3, 0.4) is 0 Å². The van der Waals surface area contributed by atoms with Crippen LogP contribution in [0.4, 0.5) is 10.1 Å². The van der Waals surface area contributed by atoms with Crippen molar-refractivity contribution in [1.29, 1.82) is 0 Å². The third-order valence-corrected chi connectivity index (χ3v) is 3.02. The molecule has 1 N–H and O–H groups in total. The minimum Gasteiger partial charge on any atom is -0.506 e. The Balaban J connectivity index is 2.28. The van der Waals surface area contributed by atoms with Crippen LogP contribution in [0.1, 0.15) is 10.4 Å². The first kappa shape index (κ1) is 13.4.